The Morgan fingerprint density at radius 3 is 2.93 bits per heavy atom. The summed E-state index contributed by atoms with van der Waals surface area (Å²) in [5.41, 5.74) is 0. The minimum atomic E-state index is -0.220. The molecule has 1 fully saturated rings. The normalized spacial score (nSPS) is 27.0. The Labute approximate surface area is 96.6 Å². The van der Waals surface area contributed by atoms with Crippen LogP contribution < -0.4 is 5.32 Å². The third-order valence-corrected chi connectivity index (χ3v) is 4.41. The van der Waals surface area contributed by atoms with Crippen molar-refractivity contribution in [1.29, 1.82) is 0 Å². The monoisotopic (exact) mass is 225 g/mol. The van der Waals surface area contributed by atoms with E-state index >= 15 is 0 Å². The second kappa shape index (κ2) is 5.46. The quantitative estimate of drug-likeness (QED) is 0.743. The molecule has 3 heteroatoms. The van der Waals surface area contributed by atoms with Gasteiger partial charge < -0.3 is 5.32 Å². The van der Waals surface area contributed by atoms with Crippen LogP contribution in [0.5, 0.6) is 0 Å². The summed E-state index contributed by atoms with van der Waals surface area (Å²) in [6, 6.07) is 0.139. The lowest BCUT2D eigenvalue weighted by atomic mass is 10.0. The number of hydrogen-bond donors (Lipinski definition) is 1. The van der Waals surface area contributed by atoms with Gasteiger partial charge in [-0.25, -0.2) is 0 Å². The van der Waals surface area contributed by atoms with Gasteiger partial charge in [0.15, 0.2) is 0 Å². The Hall–Kier alpha value is -0.620. The summed E-state index contributed by atoms with van der Waals surface area (Å²) in [4.78, 5) is 12.0. The maximum atomic E-state index is 12.0. The molecule has 0 radical (unpaired) electrons. The molecule has 0 saturated carbocycles. The third-order valence-electron chi connectivity index (χ3n) is 2.89. The first kappa shape index (κ1) is 12.4. The van der Waals surface area contributed by atoms with Crippen molar-refractivity contribution < 1.29 is 4.79 Å². The van der Waals surface area contributed by atoms with Crippen molar-refractivity contribution in [3.05, 3.63) is 0 Å². The Morgan fingerprint density at radius 2 is 2.47 bits per heavy atom. The van der Waals surface area contributed by atoms with E-state index in [-0.39, 0.29) is 16.7 Å². The standard InChI is InChI=1S/C12H19NOS/c1-4-7-10(5-2)13-11(14)12(3)8-6-9-15-12/h1,10H,5-9H2,2-3H3,(H,13,14). The number of carbonyl (C=O) groups is 1. The van der Waals surface area contributed by atoms with Crippen LogP contribution in [0.2, 0.25) is 0 Å². The Kier molecular flexibility index (Phi) is 4.53. The van der Waals surface area contributed by atoms with Gasteiger partial charge in [-0.15, -0.1) is 24.1 Å². The zero-order valence-corrected chi connectivity index (χ0v) is 10.3. The average Bonchev–Trinajstić information content (AvgIpc) is 2.65. The molecule has 0 aliphatic carbocycles. The zero-order valence-electron chi connectivity index (χ0n) is 9.51. The number of amides is 1. The summed E-state index contributed by atoms with van der Waals surface area (Å²) < 4.78 is -0.220. The van der Waals surface area contributed by atoms with E-state index in [0.29, 0.717) is 6.42 Å². The van der Waals surface area contributed by atoms with Crippen LogP contribution >= 0.6 is 11.8 Å². The van der Waals surface area contributed by atoms with Crippen LogP contribution in [-0.2, 0) is 4.79 Å². The third kappa shape index (κ3) is 3.17. The first-order valence-electron chi connectivity index (χ1n) is 5.50. The lowest BCUT2D eigenvalue weighted by molar-refractivity contribution is -0.123. The Morgan fingerprint density at radius 1 is 1.73 bits per heavy atom. The van der Waals surface area contributed by atoms with E-state index in [1.165, 1.54) is 0 Å². The number of rotatable bonds is 4. The van der Waals surface area contributed by atoms with Crippen molar-refractivity contribution >= 4 is 17.7 Å². The van der Waals surface area contributed by atoms with E-state index < -0.39 is 0 Å². The van der Waals surface area contributed by atoms with E-state index in [4.69, 9.17) is 6.42 Å². The molecule has 2 nitrogen and oxygen atoms in total. The van der Waals surface area contributed by atoms with E-state index in [2.05, 4.69) is 11.2 Å². The highest BCUT2D eigenvalue weighted by Crippen LogP contribution is 2.37. The van der Waals surface area contributed by atoms with Gasteiger partial charge in [0.05, 0.1) is 4.75 Å². The van der Waals surface area contributed by atoms with Crippen LogP contribution in [0.25, 0.3) is 0 Å². The lowest BCUT2D eigenvalue weighted by Gasteiger charge is -2.24. The minimum Gasteiger partial charge on any atom is -0.351 e. The van der Waals surface area contributed by atoms with Gasteiger partial charge in [-0.2, -0.15) is 0 Å². The van der Waals surface area contributed by atoms with Crippen LogP contribution in [0.3, 0.4) is 0 Å². The second-order valence-electron chi connectivity index (χ2n) is 4.17. The first-order valence-corrected chi connectivity index (χ1v) is 6.49. The fourth-order valence-electron chi connectivity index (χ4n) is 1.74. The number of thioether (sulfide) groups is 1. The van der Waals surface area contributed by atoms with Crippen LogP contribution in [0.4, 0.5) is 0 Å². The van der Waals surface area contributed by atoms with Crippen LogP contribution in [0.1, 0.15) is 39.5 Å². The highest BCUT2D eigenvalue weighted by molar-refractivity contribution is 8.01. The average molecular weight is 225 g/mol. The number of hydrogen-bond acceptors (Lipinski definition) is 2. The SMILES string of the molecule is C#CCC(CC)NC(=O)C1(C)CCCS1. The van der Waals surface area contributed by atoms with Crippen LogP contribution in [-0.4, -0.2) is 22.4 Å². The van der Waals surface area contributed by atoms with Crippen LogP contribution in [0.15, 0.2) is 0 Å². The van der Waals surface area contributed by atoms with Gasteiger partial charge in [0.2, 0.25) is 5.91 Å². The van der Waals surface area contributed by atoms with E-state index in [9.17, 15) is 4.79 Å². The predicted molar refractivity (Wildman–Crippen MR) is 65.8 cm³/mol. The summed E-state index contributed by atoms with van der Waals surface area (Å²) in [5.74, 6) is 3.86. The van der Waals surface area contributed by atoms with Gasteiger partial charge >= 0.3 is 0 Å². The summed E-state index contributed by atoms with van der Waals surface area (Å²) in [6.45, 7) is 4.08. The van der Waals surface area contributed by atoms with Gasteiger partial charge in [-0.05, 0) is 31.9 Å². The molecule has 0 bridgehead atoms. The molecule has 1 saturated heterocycles. The van der Waals surface area contributed by atoms with Gasteiger partial charge in [0, 0.05) is 12.5 Å². The van der Waals surface area contributed by atoms with Gasteiger partial charge in [-0.3, -0.25) is 4.79 Å². The summed E-state index contributed by atoms with van der Waals surface area (Å²) in [6.07, 6.45) is 8.91. The molecule has 1 aliphatic rings. The molecule has 0 aromatic rings. The van der Waals surface area contributed by atoms with Crippen molar-refractivity contribution in [1.82, 2.24) is 5.32 Å². The smallest absolute Gasteiger partial charge is 0.236 e. The number of terminal acetylenes is 1. The molecule has 1 N–H and O–H groups in total. The molecular weight excluding hydrogens is 206 g/mol. The topological polar surface area (TPSA) is 29.1 Å². The molecule has 1 rings (SSSR count). The summed E-state index contributed by atoms with van der Waals surface area (Å²) in [5, 5.41) is 3.05. The lowest BCUT2D eigenvalue weighted by Crippen LogP contribution is -2.45. The van der Waals surface area contributed by atoms with Gasteiger partial charge in [0.25, 0.3) is 0 Å². The molecule has 0 aromatic heterocycles. The number of nitrogens with one attached hydrogen (secondary N) is 1. The summed E-state index contributed by atoms with van der Waals surface area (Å²) >= 11 is 1.76. The van der Waals surface area contributed by atoms with Crippen molar-refractivity contribution in [3.63, 3.8) is 0 Å². The molecule has 2 atom stereocenters. The Balaban J connectivity index is 2.50. The van der Waals surface area contributed by atoms with Crippen molar-refractivity contribution in [2.45, 2.75) is 50.3 Å². The zero-order chi connectivity index (χ0) is 11.3. The number of carbonyl (C=O) groups excluding carboxylic acids is 1. The molecule has 0 spiro atoms. The summed E-state index contributed by atoms with van der Waals surface area (Å²) in [7, 11) is 0. The predicted octanol–water partition coefficient (Wildman–Crippen LogP) is 2.19. The molecule has 15 heavy (non-hydrogen) atoms. The van der Waals surface area contributed by atoms with Gasteiger partial charge in [0.1, 0.15) is 0 Å². The molecule has 1 aliphatic heterocycles. The fraction of sp³-hybridized carbons (Fsp3) is 0.750. The largest absolute Gasteiger partial charge is 0.351 e. The maximum Gasteiger partial charge on any atom is 0.236 e. The molecule has 2 unspecified atom stereocenters. The second-order valence-corrected chi connectivity index (χ2v) is 5.77. The molecule has 0 aromatic carbocycles. The van der Waals surface area contributed by atoms with Crippen molar-refractivity contribution in [2.24, 2.45) is 0 Å². The maximum absolute atomic E-state index is 12.0. The van der Waals surface area contributed by atoms with Crippen LogP contribution in [0, 0.1) is 12.3 Å². The minimum absolute atomic E-state index is 0.139. The molecule has 1 amide bonds. The van der Waals surface area contributed by atoms with Crippen molar-refractivity contribution in [2.75, 3.05) is 5.75 Å². The highest BCUT2D eigenvalue weighted by Gasteiger charge is 2.37. The van der Waals surface area contributed by atoms with Gasteiger partial charge in [-0.1, -0.05) is 6.92 Å². The first-order chi connectivity index (χ1) is 7.12. The fourth-order valence-corrected chi connectivity index (χ4v) is 2.95. The molecular formula is C12H19NOS. The highest BCUT2D eigenvalue weighted by atomic mass is 32.2. The van der Waals surface area contributed by atoms with E-state index in [1.54, 1.807) is 11.8 Å². The molecule has 84 valence electrons. The molecule has 1 heterocycles. The Bertz CT molecular complexity index is 263. The van der Waals surface area contributed by atoms with Crippen molar-refractivity contribution in [3.8, 4) is 12.3 Å². The van der Waals surface area contributed by atoms with E-state index in [0.717, 1.165) is 25.0 Å². The van der Waals surface area contributed by atoms with E-state index in [1.807, 2.05) is 13.8 Å².